The molecule has 0 atom stereocenters. The number of hydrogen-bond acceptors (Lipinski definition) is 4. The molecule has 186 valence electrons. The Morgan fingerprint density at radius 1 is 1.08 bits per heavy atom. The Morgan fingerprint density at radius 2 is 1.81 bits per heavy atom. The Kier molecular flexibility index (Phi) is 8.07. The molecule has 4 aromatic rings. The van der Waals surface area contributed by atoms with E-state index in [-0.39, 0.29) is 37.9 Å². The lowest BCUT2D eigenvalue weighted by Gasteiger charge is -2.11. The Morgan fingerprint density at radius 3 is 2.50 bits per heavy atom. The molecule has 0 aliphatic carbocycles. The van der Waals surface area contributed by atoms with E-state index in [1.807, 2.05) is 6.92 Å². The lowest BCUT2D eigenvalue weighted by molar-refractivity contribution is 0.0964. The van der Waals surface area contributed by atoms with Crippen LogP contribution in [0.2, 0.25) is 10.0 Å². The maximum absolute atomic E-state index is 15.3. The molecule has 2 aromatic carbocycles. The van der Waals surface area contributed by atoms with Crippen LogP contribution in [0.15, 0.2) is 53.3 Å². The van der Waals surface area contributed by atoms with Crippen LogP contribution in [0.5, 0.6) is 0 Å². The number of fused-ring (bicyclic) bond motifs is 1. The molecular weight excluding hydrogens is 575 g/mol. The minimum Gasteiger partial charge on any atom is -0.383 e. The zero-order chi connectivity index (χ0) is 26.0. The van der Waals surface area contributed by atoms with Crippen LogP contribution in [-0.4, -0.2) is 27.8 Å². The van der Waals surface area contributed by atoms with Gasteiger partial charge in [-0.25, -0.2) is 13.8 Å². The van der Waals surface area contributed by atoms with Gasteiger partial charge in [-0.1, -0.05) is 49.0 Å². The first kappa shape index (κ1) is 26.3. The molecule has 2 heterocycles. The molecule has 0 amide bonds. The summed E-state index contributed by atoms with van der Waals surface area (Å²) in [5, 5.41) is 3.37. The summed E-state index contributed by atoms with van der Waals surface area (Å²) in [4.78, 5) is 31.2. The maximum Gasteiger partial charge on any atom is 0.266 e. The molecular formula is C26H20BrCl2F2N3O2. The molecule has 10 heteroatoms. The second-order valence-corrected chi connectivity index (χ2v) is 9.82. The fraction of sp³-hybridized carbons (Fsp3) is 0.192. The number of nitrogens with zero attached hydrogens (tertiary/aromatic N) is 2. The van der Waals surface area contributed by atoms with Crippen molar-refractivity contribution in [1.29, 1.82) is 0 Å². The molecule has 0 saturated carbocycles. The molecule has 2 aromatic heterocycles. The third-order valence-electron chi connectivity index (χ3n) is 5.66. The van der Waals surface area contributed by atoms with Crippen molar-refractivity contribution in [2.24, 2.45) is 0 Å². The van der Waals surface area contributed by atoms with Gasteiger partial charge in [-0.15, -0.1) is 0 Å². The number of nitrogens with one attached hydrogen (secondary N) is 1. The third-order valence-corrected chi connectivity index (χ3v) is 6.73. The Bertz CT molecular complexity index is 1470. The van der Waals surface area contributed by atoms with Crippen molar-refractivity contribution in [2.45, 2.75) is 26.2 Å². The van der Waals surface area contributed by atoms with Crippen molar-refractivity contribution in [2.75, 3.05) is 11.9 Å². The standard InChI is InChI=1S/C26H20BrCl2F2N3O2/c1-2-3-4-10-32-20-9-8-19(30)22(23(20)31)24(35)16-13-34(25-15(16)11-14(27)12-33-25)26(36)21-17(28)6-5-7-18(21)29/h5-9,11-13,32H,2-4,10H2,1H3. The smallest absolute Gasteiger partial charge is 0.266 e. The van der Waals surface area contributed by atoms with E-state index in [2.05, 4.69) is 26.2 Å². The van der Waals surface area contributed by atoms with E-state index in [0.29, 0.717) is 11.0 Å². The van der Waals surface area contributed by atoms with Gasteiger partial charge in [0.05, 0.1) is 32.4 Å². The zero-order valence-corrected chi connectivity index (χ0v) is 22.1. The van der Waals surface area contributed by atoms with Crippen molar-refractivity contribution in [1.82, 2.24) is 9.55 Å². The van der Waals surface area contributed by atoms with E-state index >= 15 is 4.39 Å². The van der Waals surface area contributed by atoms with Gasteiger partial charge in [0.15, 0.2) is 5.82 Å². The largest absolute Gasteiger partial charge is 0.383 e. The summed E-state index contributed by atoms with van der Waals surface area (Å²) in [5.74, 6) is -3.58. The van der Waals surface area contributed by atoms with E-state index in [1.165, 1.54) is 30.6 Å². The first-order valence-corrected chi connectivity index (χ1v) is 12.7. The quantitative estimate of drug-likeness (QED) is 0.166. The van der Waals surface area contributed by atoms with Gasteiger partial charge in [0, 0.05) is 28.8 Å². The summed E-state index contributed by atoms with van der Waals surface area (Å²) in [7, 11) is 0. The highest BCUT2D eigenvalue weighted by Crippen LogP contribution is 2.32. The Balaban J connectivity index is 1.83. The molecule has 36 heavy (non-hydrogen) atoms. The van der Waals surface area contributed by atoms with Gasteiger partial charge in [-0.05, 0) is 52.7 Å². The highest BCUT2D eigenvalue weighted by Gasteiger charge is 2.28. The van der Waals surface area contributed by atoms with Crippen molar-refractivity contribution in [3.05, 3.63) is 91.6 Å². The Labute approximate surface area is 224 Å². The fourth-order valence-corrected chi connectivity index (χ4v) is 4.76. The molecule has 0 aliphatic heterocycles. The number of aromatic nitrogens is 2. The highest BCUT2D eigenvalue weighted by atomic mass is 79.9. The molecule has 0 unspecified atom stereocenters. The van der Waals surface area contributed by atoms with E-state index in [9.17, 15) is 14.0 Å². The Hall–Kier alpha value is -2.81. The number of rotatable bonds is 8. The fourth-order valence-electron chi connectivity index (χ4n) is 3.87. The SMILES string of the molecule is CCCCCNc1ccc(F)c(C(=O)c2cn(C(=O)c3c(Cl)cccc3Cl)c3ncc(Br)cc23)c1F. The summed E-state index contributed by atoms with van der Waals surface area (Å²) in [5.41, 5.74) is -0.680. The van der Waals surface area contributed by atoms with Gasteiger partial charge in [0.25, 0.3) is 5.91 Å². The number of carbonyl (C=O) groups excluding carboxylic acids is 2. The van der Waals surface area contributed by atoms with Gasteiger partial charge in [-0.3, -0.25) is 14.2 Å². The van der Waals surface area contributed by atoms with Crippen molar-refractivity contribution in [3.8, 4) is 0 Å². The van der Waals surface area contributed by atoms with Crippen molar-refractivity contribution >= 4 is 67.5 Å². The number of unbranched alkanes of at least 4 members (excludes halogenated alkanes) is 2. The van der Waals surface area contributed by atoms with Gasteiger partial charge < -0.3 is 5.32 Å². The molecule has 4 rings (SSSR count). The predicted octanol–water partition coefficient (Wildman–Crippen LogP) is 7.91. The third kappa shape index (κ3) is 5.03. The van der Waals surface area contributed by atoms with E-state index in [1.54, 1.807) is 12.1 Å². The molecule has 0 bridgehead atoms. The number of halogens is 5. The average molecular weight is 595 g/mol. The van der Waals surface area contributed by atoms with Crippen LogP contribution in [0.1, 0.15) is 52.5 Å². The molecule has 0 radical (unpaired) electrons. The minimum absolute atomic E-state index is 0.0112. The maximum atomic E-state index is 15.3. The molecule has 0 fully saturated rings. The lowest BCUT2D eigenvalue weighted by atomic mass is 10.0. The van der Waals surface area contributed by atoms with Crippen LogP contribution < -0.4 is 5.32 Å². The topological polar surface area (TPSA) is 64.0 Å². The van der Waals surface area contributed by atoms with Crippen LogP contribution in [-0.2, 0) is 0 Å². The highest BCUT2D eigenvalue weighted by molar-refractivity contribution is 9.10. The number of ketones is 1. The lowest BCUT2D eigenvalue weighted by Crippen LogP contribution is -2.13. The van der Waals surface area contributed by atoms with Gasteiger partial charge in [0.1, 0.15) is 11.5 Å². The van der Waals surface area contributed by atoms with Gasteiger partial charge in [-0.2, -0.15) is 0 Å². The van der Waals surface area contributed by atoms with Crippen LogP contribution in [0.25, 0.3) is 11.0 Å². The number of anilines is 1. The number of hydrogen-bond donors (Lipinski definition) is 1. The summed E-state index contributed by atoms with van der Waals surface area (Å²) >= 11 is 15.7. The number of carbonyl (C=O) groups is 2. The number of pyridine rings is 1. The molecule has 1 N–H and O–H groups in total. The molecule has 5 nitrogen and oxygen atoms in total. The van der Waals surface area contributed by atoms with Crippen LogP contribution in [0.4, 0.5) is 14.5 Å². The predicted molar refractivity (Wildman–Crippen MR) is 141 cm³/mol. The van der Waals surface area contributed by atoms with E-state index in [0.717, 1.165) is 29.9 Å². The molecule has 0 saturated heterocycles. The van der Waals surface area contributed by atoms with Crippen LogP contribution in [0, 0.1) is 11.6 Å². The zero-order valence-electron chi connectivity index (χ0n) is 19.0. The van der Waals surface area contributed by atoms with Gasteiger partial charge >= 0.3 is 0 Å². The minimum atomic E-state index is -1.01. The van der Waals surface area contributed by atoms with Crippen molar-refractivity contribution < 1.29 is 18.4 Å². The van der Waals surface area contributed by atoms with E-state index < -0.39 is 28.9 Å². The summed E-state index contributed by atoms with van der Waals surface area (Å²) in [6, 6.07) is 8.46. The van der Waals surface area contributed by atoms with Crippen LogP contribution in [0.3, 0.4) is 0 Å². The molecule has 0 spiro atoms. The summed E-state index contributed by atoms with van der Waals surface area (Å²) in [6.45, 7) is 2.52. The van der Waals surface area contributed by atoms with E-state index in [4.69, 9.17) is 23.2 Å². The van der Waals surface area contributed by atoms with Crippen LogP contribution >= 0.6 is 39.1 Å². The monoisotopic (exact) mass is 593 g/mol. The number of benzene rings is 2. The molecule has 0 aliphatic rings. The summed E-state index contributed by atoms with van der Waals surface area (Å²) < 4.78 is 31.8. The second-order valence-electron chi connectivity index (χ2n) is 8.09. The first-order chi connectivity index (χ1) is 17.2. The summed E-state index contributed by atoms with van der Waals surface area (Å²) in [6.07, 6.45) is 5.39. The average Bonchev–Trinajstić information content (AvgIpc) is 3.21. The van der Waals surface area contributed by atoms with Gasteiger partial charge in [0.2, 0.25) is 5.78 Å². The first-order valence-electron chi connectivity index (χ1n) is 11.2. The second kappa shape index (κ2) is 11.1. The van der Waals surface area contributed by atoms with Crippen molar-refractivity contribution in [3.63, 3.8) is 0 Å². The normalized spacial score (nSPS) is 11.2.